The van der Waals surface area contributed by atoms with Gasteiger partial charge < -0.3 is 0 Å². The minimum absolute atomic E-state index is 0.0284. The van der Waals surface area contributed by atoms with Crippen molar-refractivity contribution in [1.82, 2.24) is 0 Å². The van der Waals surface area contributed by atoms with E-state index in [0.29, 0.717) is 41.9 Å². The van der Waals surface area contributed by atoms with Crippen molar-refractivity contribution in [2.24, 2.45) is 71.0 Å². The van der Waals surface area contributed by atoms with Gasteiger partial charge in [-0.1, -0.05) is 12.2 Å². The van der Waals surface area contributed by atoms with E-state index in [1.54, 1.807) is 0 Å². The van der Waals surface area contributed by atoms with Crippen molar-refractivity contribution < 1.29 is 13.2 Å². The quantitative estimate of drug-likeness (QED) is 0.483. The van der Waals surface area contributed by atoms with Crippen LogP contribution < -0.4 is 0 Å². The van der Waals surface area contributed by atoms with Gasteiger partial charge in [0, 0.05) is 0 Å². The van der Waals surface area contributed by atoms with Crippen LogP contribution >= 0.6 is 0 Å². The summed E-state index contributed by atoms with van der Waals surface area (Å²) in [4.78, 5) is 0. The molecule has 6 aliphatic carbocycles. The van der Waals surface area contributed by atoms with E-state index in [1.165, 1.54) is 6.42 Å². The first-order valence-electron chi connectivity index (χ1n) is 9.15. The van der Waals surface area contributed by atoms with Crippen LogP contribution in [0.4, 0.5) is 13.2 Å². The highest BCUT2D eigenvalue weighted by atomic mass is 19.4. The minimum Gasteiger partial charge on any atom is -0.198 e. The third-order valence-corrected chi connectivity index (χ3v) is 8.92. The zero-order valence-corrected chi connectivity index (χ0v) is 12.8. The number of fused-ring (bicyclic) bond motifs is 16. The van der Waals surface area contributed by atoms with Crippen LogP contribution in [-0.2, 0) is 0 Å². The van der Waals surface area contributed by atoms with Crippen molar-refractivity contribution in [3.63, 3.8) is 0 Å². The molecule has 4 heteroatoms. The van der Waals surface area contributed by atoms with E-state index >= 15 is 0 Å². The highest BCUT2D eigenvalue weighted by Gasteiger charge is 2.75. The first-order chi connectivity index (χ1) is 11.0. The maximum atomic E-state index is 13.6. The third kappa shape index (κ3) is 1.32. The smallest absolute Gasteiger partial charge is 0.198 e. The van der Waals surface area contributed by atoms with Gasteiger partial charge in [-0.3, -0.25) is 0 Å². The number of nitriles is 1. The molecule has 1 nitrogen and oxygen atoms in total. The van der Waals surface area contributed by atoms with Crippen molar-refractivity contribution in [2.45, 2.75) is 25.4 Å². The summed E-state index contributed by atoms with van der Waals surface area (Å²) in [6, 6.07) is 2.08. The van der Waals surface area contributed by atoms with E-state index in [4.69, 9.17) is 0 Å². The average Bonchev–Trinajstić information content (AvgIpc) is 3.29. The molecular formula is C19H20F3N. The summed E-state index contributed by atoms with van der Waals surface area (Å²) in [6.45, 7) is 0. The number of halogens is 3. The van der Waals surface area contributed by atoms with Crippen LogP contribution in [0.1, 0.15) is 19.3 Å². The van der Waals surface area contributed by atoms with Crippen LogP contribution in [0.25, 0.3) is 0 Å². The van der Waals surface area contributed by atoms with Gasteiger partial charge in [0.2, 0.25) is 0 Å². The van der Waals surface area contributed by atoms with Crippen LogP contribution in [-0.4, -0.2) is 6.18 Å². The molecular weight excluding hydrogens is 299 g/mol. The largest absolute Gasteiger partial charge is 0.393 e. The molecule has 5 fully saturated rings. The monoisotopic (exact) mass is 319 g/mol. The van der Waals surface area contributed by atoms with E-state index in [-0.39, 0.29) is 17.8 Å². The summed E-state index contributed by atoms with van der Waals surface area (Å²) in [5.74, 6) is 2.26. The second-order valence-electron chi connectivity index (χ2n) is 9.11. The number of hydrogen-bond donors (Lipinski definition) is 0. The maximum Gasteiger partial charge on any atom is 0.393 e. The predicted octanol–water partition coefficient (Wildman–Crippen LogP) is 4.27. The van der Waals surface area contributed by atoms with E-state index in [0.717, 1.165) is 12.3 Å². The fourth-order valence-electron chi connectivity index (χ4n) is 8.89. The maximum absolute atomic E-state index is 13.6. The Hall–Kier alpha value is -0.980. The minimum atomic E-state index is -4.19. The lowest BCUT2D eigenvalue weighted by atomic mass is 9.57. The van der Waals surface area contributed by atoms with Gasteiger partial charge in [0.1, 0.15) is 0 Å². The van der Waals surface area contributed by atoms with Gasteiger partial charge in [0.25, 0.3) is 0 Å². The van der Waals surface area contributed by atoms with Gasteiger partial charge in [0.05, 0.1) is 17.9 Å². The molecule has 0 aromatic heterocycles. The Morgan fingerprint density at radius 1 is 0.783 bits per heavy atom. The first kappa shape index (κ1) is 13.3. The Labute approximate surface area is 133 Å². The summed E-state index contributed by atoms with van der Waals surface area (Å²) < 4.78 is 40.8. The lowest BCUT2D eigenvalue weighted by Crippen LogP contribution is -2.47. The molecule has 12 atom stereocenters. The molecule has 0 aromatic rings. The SMILES string of the molecule is N#CC1C2CC(C3C4CC(C5C6C=CC(C6)C45)C23)C1C(F)(F)F. The molecule has 122 valence electrons. The molecule has 0 spiro atoms. The fourth-order valence-corrected chi connectivity index (χ4v) is 8.89. The first-order valence-corrected chi connectivity index (χ1v) is 9.15. The highest BCUT2D eigenvalue weighted by molar-refractivity contribution is 5.27. The van der Waals surface area contributed by atoms with Crippen molar-refractivity contribution in [1.29, 1.82) is 5.26 Å². The molecule has 0 N–H and O–H groups in total. The number of hydrogen-bond acceptors (Lipinski definition) is 1. The van der Waals surface area contributed by atoms with E-state index in [1.807, 2.05) is 0 Å². The van der Waals surface area contributed by atoms with Crippen LogP contribution in [0, 0.1) is 82.3 Å². The summed E-state index contributed by atoms with van der Waals surface area (Å²) in [5.41, 5.74) is 0. The van der Waals surface area contributed by atoms with Gasteiger partial charge in [-0.05, 0) is 78.4 Å². The predicted molar refractivity (Wildman–Crippen MR) is 76.5 cm³/mol. The van der Waals surface area contributed by atoms with Crippen LogP contribution in [0.3, 0.4) is 0 Å². The van der Waals surface area contributed by atoms with Crippen molar-refractivity contribution in [3.05, 3.63) is 12.2 Å². The number of nitrogens with zero attached hydrogens (tertiary/aromatic N) is 1. The van der Waals surface area contributed by atoms with Crippen molar-refractivity contribution >= 4 is 0 Å². The molecule has 0 aliphatic heterocycles. The third-order valence-electron chi connectivity index (χ3n) is 8.92. The summed E-state index contributed by atoms with van der Waals surface area (Å²) in [6.07, 6.45) is 3.63. The summed E-state index contributed by atoms with van der Waals surface area (Å²) >= 11 is 0. The molecule has 5 saturated carbocycles. The van der Waals surface area contributed by atoms with Crippen molar-refractivity contribution in [3.8, 4) is 6.07 Å². The second-order valence-corrected chi connectivity index (χ2v) is 9.11. The Morgan fingerprint density at radius 2 is 1.35 bits per heavy atom. The van der Waals surface area contributed by atoms with E-state index < -0.39 is 18.0 Å². The molecule has 12 unspecified atom stereocenters. The van der Waals surface area contributed by atoms with E-state index in [2.05, 4.69) is 18.2 Å². The molecule has 6 rings (SSSR count). The van der Waals surface area contributed by atoms with Gasteiger partial charge >= 0.3 is 6.18 Å². The van der Waals surface area contributed by atoms with Crippen LogP contribution in [0.5, 0.6) is 0 Å². The van der Waals surface area contributed by atoms with E-state index in [9.17, 15) is 18.4 Å². The molecule has 0 aromatic carbocycles. The Kier molecular flexibility index (Phi) is 2.21. The topological polar surface area (TPSA) is 23.8 Å². The highest BCUT2D eigenvalue weighted by Crippen LogP contribution is 2.78. The zero-order valence-electron chi connectivity index (χ0n) is 12.8. The molecule has 6 bridgehead atoms. The Balaban J connectivity index is 1.42. The van der Waals surface area contributed by atoms with Crippen molar-refractivity contribution in [2.75, 3.05) is 0 Å². The lowest BCUT2D eigenvalue weighted by Gasteiger charge is -2.47. The number of allylic oxidation sites excluding steroid dienone is 2. The van der Waals surface area contributed by atoms with Crippen LogP contribution in [0.2, 0.25) is 0 Å². The molecule has 0 amide bonds. The molecule has 0 heterocycles. The summed E-state index contributed by atoms with van der Waals surface area (Å²) in [5, 5.41) is 9.44. The van der Waals surface area contributed by atoms with Gasteiger partial charge in [-0.2, -0.15) is 18.4 Å². The molecule has 0 saturated heterocycles. The number of rotatable bonds is 0. The normalized spacial score (nSPS) is 63.6. The summed E-state index contributed by atoms with van der Waals surface area (Å²) in [7, 11) is 0. The standard InChI is InChI=1S/C19H20F3N/c20-19(21,22)18-12-4-9(13(18)6-23)16-10-5-11(17(12)16)15-8-2-1-7(3-8)14(10)15/h1-2,7-18H,3-5H2. The molecule has 23 heavy (non-hydrogen) atoms. The Bertz CT molecular complexity index is 646. The van der Waals surface area contributed by atoms with Crippen LogP contribution in [0.15, 0.2) is 12.2 Å². The molecule has 6 aliphatic rings. The average molecular weight is 319 g/mol. The Morgan fingerprint density at radius 3 is 1.91 bits per heavy atom. The second kappa shape index (κ2) is 3.81. The molecule has 0 radical (unpaired) electrons. The van der Waals surface area contributed by atoms with Gasteiger partial charge in [-0.25, -0.2) is 0 Å². The zero-order chi connectivity index (χ0) is 15.7. The lowest BCUT2D eigenvalue weighted by molar-refractivity contribution is -0.208. The number of alkyl halides is 3. The van der Waals surface area contributed by atoms with Gasteiger partial charge in [0.15, 0.2) is 0 Å². The van der Waals surface area contributed by atoms with Gasteiger partial charge in [-0.15, -0.1) is 0 Å². The fraction of sp³-hybridized carbons (Fsp3) is 0.842.